The molecule has 5 rings (SSSR count). The summed E-state index contributed by atoms with van der Waals surface area (Å²) >= 11 is 0. The summed E-state index contributed by atoms with van der Waals surface area (Å²) in [5.74, 6) is 1.96. The predicted octanol–water partition coefficient (Wildman–Crippen LogP) is 5.36. The quantitative estimate of drug-likeness (QED) is 0.429. The molecule has 5 aromatic rings. The monoisotopic (exact) mass is 381 g/mol. The Balaban J connectivity index is 1.41. The van der Waals surface area contributed by atoms with E-state index in [9.17, 15) is 0 Å². The highest BCUT2D eigenvalue weighted by molar-refractivity contribution is 5.78. The average Bonchev–Trinajstić information content (AvgIpc) is 3.42. The maximum Gasteiger partial charge on any atom is 0.240 e. The zero-order chi connectivity index (χ0) is 19.5. The molecular formula is C24H19N3O2. The summed E-state index contributed by atoms with van der Waals surface area (Å²) < 4.78 is 11.6. The second-order valence-electron chi connectivity index (χ2n) is 6.79. The molecule has 0 radical (unpaired) electrons. The van der Waals surface area contributed by atoms with Crippen LogP contribution in [0.4, 0.5) is 0 Å². The van der Waals surface area contributed by atoms with Gasteiger partial charge >= 0.3 is 0 Å². The zero-order valence-corrected chi connectivity index (χ0v) is 15.7. The summed E-state index contributed by atoms with van der Waals surface area (Å²) in [5, 5.41) is 8.68. The van der Waals surface area contributed by atoms with Crippen LogP contribution < -0.4 is 5.32 Å². The fourth-order valence-corrected chi connectivity index (χ4v) is 3.39. The first-order valence-electron chi connectivity index (χ1n) is 9.51. The molecule has 0 saturated heterocycles. The topological polar surface area (TPSA) is 64.1 Å². The lowest BCUT2D eigenvalue weighted by Gasteiger charge is -2.15. The molecule has 1 atom stereocenters. The van der Waals surface area contributed by atoms with E-state index in [1.165, 1.54) is 0 Å². The highest BCUT2D eigenvalue weighted by Gasteiger charge is 2.19. The molecule has 0 bridgehead atoms. The number of fused-ring (bicyclic) bond motifs is 1. The predicted molar refractivity (Wildman–Crippen MR) is 111 cm³/mol. The number of hydrogen-bond donors (Lipinski definition) is 1. The Bertz CT molecular complexity index is 1180. The van der Waals surface area contributed by atoms with Crippen molar-refractivity contribution in [2.75, 3.05) is 0 Å². The number of para-hydroxylation sites is 1. The number of nitrogens with one attached hydrogen (secondary N) is 1. The largest absolute Gasteiger partial charge is 0.459 e. The molecule has 0 aliphatic rings. The maximum atomic E-state index is 6.12. The standard InChI is InChI=1S/C24H19N3O2/c1-3-9-17(10-4-1)23(21-15-19-13-7-8-14-20(19)28-21)25-16-22-26-24(27-29-22)18-11-5-2-6-12-18/h1-15,23,25H,16H2. The van der Waals surface area contributed by atoms with Gasteiger partial charge in [-0.15, -0.1) is 0 Å². The number of aromatic nitrogens is 2. The van der Waals surface area contributed by atoms with Crippen LogP contribution in [0.2, 0.25) is 0 Å². The van der Waals surface area contributed by atoms with Gasteiger partial charge in [0.05, 0.1) is 12.6 Å². The second kappa shape index (κ2) is 7.73. The van der Waals surface area contributed by atoms with Crippen LogP contribution in [0.5, 0.6) is 0 Å². The van der Waals surface area contributed by atoms with Crippen LogP contribution in [0.15, 0.2) is 99.9 Å². The van der Waals surface area contributed by atoms with Crippen molar-refractivity contribution in [3.8, 4) is 11.4 Å². The smallest absolute Gasteiger partial charge is 0.240 e. The maximum absolute atomic E-state index is 6.12. The Morgan fingerprint density at radius 1 is 0.828 bits per heavy atom. The summed E-state index contributed by atoms with van der Waals surface area (Å²) in [6, 6.07) is 30.0. The van der Waals surface area contributed by atoms with Crippen molar-refractivity contribution < 1.29 is 8.94 Å². The number of rotatable bonds is 6. The molecule has 0 aliphatic carbocycles. The Morgan fingerprint density at radius 2 is 1.55 bits per heavy atom. The van der Waals surface area contributed by atoms with Crippen LogP contribution in [0.3, 0.4) is 0 Å². The van der Waals surface area contributed by atoms with Crippen molar-refractivity contribution in [3.05, 3.63) is 108 Å². The second-order valence-corrected chi connectivity index (χ2v) is 6.79. The van der Waals surface area contributed by atoms with Crippen molar-refractivity contribution >= 4 is 11.0 Å². The molecule has 1 N–H and O–H groups in total. The third kappa shape index (κ3) is 3.68. The van der Waals surface area contributed by atoms with Gasteiger partial charge in [-0.2, -0.15) is 4.98 Å². The number of benzene rings is 3. The van der Waals surface area contributed by atoms with E-state index in [1.807, 2.05) is 66.7 Å². The molecule has 2 heterocycles. The van der Waals surface area contributed by atoms with E-state index in [2.05, 4.69) is 39.7 Å². The van der Waals surface area contributed by atoms with E-state index in [0.717, 1.165) is 27.9 Å². The summed E-state index contributed by atoms with van der Waals surface area (Å²) in [4.78, 5) is 4.51. The van der Waals surface area contributed by atoms with Crippen LogP contribution in [0.25, 0.3) is 22.4 Å². The SMILES string of the molecule is c1ccc(-c2noc(CNC(c3ccccc3)c3cc4ccccc4o3)n2)cc1. The molecule has 1 unspecified atom stereocenters. The number of hydrogen-bond acceptors (Lipinski definition) is 5. The van der Waals surface area contributed by atoms with Crippen LogP contribution in [-0.4, -0.2) is 10.1 Å². The zero-order valence-electron chi connectivity index (χ0n) is 15.7. The Kier molecular flexibility index (Phi) is 4.64. The van der Waals surface area contributed by atoms with Crippen molar-refractivity contribution in [2.24, 2.45) is 0 Å². The van der Waals surface area contributed by atoms with Gasteiger partial charge < -0.3 is 8.94 Å². The van der Waals surface area contributed by atoms with Gasteiger partial charge in [0.25, 0.3) is 0 Å². The van der Waals surface area contributed by atoms with Crippen LogP contribution in [0.1, 0.15) is 23.3 Å². The van der Waals surface area contributed by atoms with Gasteiger partial charge in [0.2, 0.25) is 11.7 Å². The molecule has 29 heavy (non-hydrogen) atoms. The van der Waals surface area contributed by atoms with Crippen molar-refractivity contribution in [1.29, 1.82) is 0 Å². The molecule has 142 valence electrons. The summed E-state index contributed by atoms with van der Waals surface area (Å²) in [6.07, 6.45) is 0. The van der Waals surface area contributed by atoms with E-state index in [-0.39, 0.29) is 6.04 Å². The van der Waals surface area contributed by atoms with Crippen molar-refractivity contribution in [3.63, 3.8) is 0 Å². The van der Waals surface area contributed by atoms with Crippen LogP contribution in [0, 0.1) is 0 Å². The molecule has 0 aliphatic heterocycles. The van der Waals surface area contributed by atoms with Crippen molar-refractivity contribution in [2.45, 2.75) is 12.6 Å². The summed E-state index contributed by atoms with van der Waals surface area (Å²) in [5.41, 5.74) is 2.91. The first-order valence-corrected chi connectivity index (χ1v) is 9.51. The van der Waals surface area contributed by atoms with E-state index in [0.29, 0.717) is 18.3 Å². The number of furan rings is 1. The third-order valence-electron chi connectivity index (χ3n) is 4.82. The molecule has 0 fully saturated rings. The van der Waals surface area contributed by atoms with Gasteiger partial charge in [0.15, 0.2) is 0 Å². The summed E-state index contributed by atoms with van der Waals surface area (Å²) in [6.45, 7) is 0.427. The van der Waals surface area contributed by atoms with Gasteiger partial charge in [0, 0.05) is 10.9 Å². The fourth-order valence-electron chi connectivity index (χ4n) is 3.39. The first kappa shape index (κ1) is 17.4. The van der Waals surface area contributed by atoms with Gasteiger partial charge in [-0.1, -0.05) is 84.0 Å². The molecule has 0 spiro atoms. The molecule has 5 nitrogen and oxygen atoms in total. The minimum absolute atomic E-state index is 0.129. The highest BCUT2D eigenvalue weighted by atomic mass is 16.5. The molecule has 5 heteroatoms. The molecular weight excluding hydrogens is 362 g/mol. The van der Waals surface area contributed by atoms with E-state index in [4.69, 9.17) is 8.94 Å². The Hall–Kier alpha value is -3.70. The summed E-state index contributed by atoms with van der Waals surface area (Å²) in [7, 11) is 0. The van der Waals surface area contributed by atoms with Crippen molar-refractivity contribution in [1.82, 2.24) is 15.5 Å². The number of nitrogens with zero attached hydrogens (tertiary/aromatic N) is 2. The fraction of sp³-hybridized carbons (Fsp3) is 0.0833. The highest BCUT2D eigenvalue weighted by Crippen LogP contribution is 2.28. The van der Waals surface area contributed by atoms with Gasteiger partial charge in [-0.25, -0.2) is 0 Å². The minimum Gasteiger partial charge on any atom is -0.459 e. The molecule has 0 amide bonds. The normalized spacial score (nSPS) is 12.3. The van der Waals surface area contributed by atoms with Crippen LogP contribution >= 0.6 is 0 Å². The van der Waals surface area contributed by atoms with Crippen LogP contribution in [-0.2, 0) is 6.54 Å². The molecule has 0 saturated carbocycles. The van der Waals surface area contributed by atoms with Gasteiger partial charge in [-0.05, 0) is 17.7 Å². The third-order valence-corrected chi connectivity index (χ3v) is 4.82. The van der Waals surface area contributed by atoms with E-state index >= 15 is 0 Å². The molecule has 3 aromatic carbocycles. The first-order chi connectivity index (χ1) is 14.4. The minimum atomic E-state index is -0.129. The lowest BCUT2D eigenvalue weighted by molar-refractivity contribution is 0.356. The average molecular weight is 381 g/mol. The molecule has 2 aromatic heterocycles. The Labute approximate surface area is 168 Å². The van der Waals surface area contributed by atoms with E-state index in [1.54, 1.807) is 0 Å². The van der Waals surface area contributed by atoms with E-state index < -0.39 is 0 Å². The Morgan fingerprint density at radius 3 is 2.34 bits per heavy atom. The lowest BCUT2D eigenvalue weighted by Crippen LogP contribution is -2.21. The lowest BCUT2D eigenvalue weighted by atomic mass is 10.0. The van der Waals surface area contributed by atoms with Gasteiger partial charge in [0.1, 0.15) is 11.3 Å². The van der Waals surface area contributed by atoms with Gasteiger partial charge in [-0.3, -0.25) is 5.32 Å².